The minimum atomic E-state index is -0.384. The number of hydrogen-bond donors (Lipinski definition) is 2. The second-order valence-corrected chi connectivity index (χ2v) is 19.2. The first kappa shape index (κ1) is 43.2. The van der Waals surface area contributed by atoms with Crippen molar-refractivity contribution in [2.45, 2.75) is 160 Å². The molecular weight excluding hydrogens is 739 g/mol. The summed E-state index contributed by atoms with van der Waals surface area (Å²) in [4.78, 5) is 0. The predicted octanol–water partition coefficient (Wildman–Crippen LogP) is 15.7. The third-order valence-electron chi connectivity index (χ3n) is 12.2. The van der Waals surface area contributed by atoms with Crippen molar-refractivity contribution < 1.29 is 11.3 Å². The maximum atomic E-state index is 8.87. The Labute approximate surface area is 381 Å². The molecule has 0 radical (unpaired) electrons. The van der Waals surface area contributed by atoms with Gasteiger partial charge in [0.1, 0.15) is 5.58 Å². The van der Waals surface area contributed by atoms with Crippen LogP contribution in [0.4, 0.5) is 0 Å². The van der Waals surface area contributed by atoms with Crippen molar-refractivity contribution >= 4 is 23.3 Å². The summed E-state index contributed by atoms with van der Waals surface area (Å²) < 4.78 is 49.2. The molecule has 1 aliphatic carbocycles. The van der Waals surface area contributed by atoms with Gasteiger partial charge in [-0.2, -0.15) is 0 Å². The lowest BCUT2D eigenvalue weighted by Crippen LogP contribution is -2.40. The zero-order valence-electron chi connectivity index (χ0n) is 45.6. The van der Waals surface area contributed by atoms with Crippen LogP contribution in [0.1, 0.15) is 167 Å². The van der Waals surface area contributed by atoms with Crippen molar-refractivity contribution in [1.29, 1.82) is 0 Å². The quantitative estimate of drug-likeness (QED) is 0.0972. The molecule has 3 rings (SSSR count). The van der Waals surface area contributed by atoms with E-state index in [1.807, 2.05) is 31.2 Å². The van der Waals surface area contributed by atoms with Crippen molar-refractivity contribution in [3.8, 4) is 0 Å². The number of benzene rings is 1. The van der Waals surface area contributed by atoms with Gasteiger partial charge >= 0.3 is 0 Å². The van der Waals surface area contributed by atoms with Crippen molar-refractivity contribution in [3.63, 3.8) is 0 Å². The molecule has 61 heavy (non-hydrogen) atoms. The Morgan fingerprint density at radius 3 is 2.31 bits per heavy atom. The number of nitrogens with one attached hydrogen (secondary N) is 2. The van der Waals surface area contributed by atoms with Crippen LogP contribution in [0.25, 0.3) is 11.0 Å². The average Bonchev–Trinajstić information content (AvgIpc) is 3.69. The first-order valence-corrected chi connectivity index (χ1v) is 22.6. The van der Waals surface area contributed by atoms with Crippen molar-refractivity contribution in [3.05, 3.63) is 160 Å². The van der Waals surface area contributed by atoms with E-state index in [1.165, 1.54) is 16.7 Å². The van der Waals surface area contributed by atoms with Gasteiger partial charge in [0, 0.05) is 38.2 Å². The maximum absolute atomic E-state index is 8.87. The molecule has 2 N–H and O–H groups in total. The number of hydrogen-bond acceptors (Lipinski definition) is 3. The summed E-state index contributed by atoms with van der Waals surface area (Å²) in [5.41, 5.74) is 11.4. The number of allylic oxidation sites excluding steroid dienone is 17. The highest BCUT2D eigenvalue weighted by atomic mass is 16.3. The highest BCUT2D eigenvalue weighted by molar-refractivity contribution is 6.86. The molecule has 1 heterocycles. The molecular formula is C57H83BN2O. The molecule has 0 unspecified atom stereocenters. The first-order valence-electron chi connectivity index (χ1n) is 25.6. The Kier molecular flexibility index (Phi) is 16.4. The fraction of sp³-hybridized carbons (Fsp3) is 0.474. The molecule has 0 fully saturated rings. The maximum Gasteiger partial charge on any atom is 0.287 e. The molecule has 2 aromatic rings. The molecule has 0 amide bonds. The van der Waals surface area contributed by atoms with Crippen molar-refractivity contribution in [1.82, 2.24) is 10.6 Å². The van der Waals surface area contributed by atoms with Gasteiger partial charge in [0.15, 0.2) is 0 Å². The van der Waals surface area contributed by atoms with Crippen LogP contribution in [0.5, 0.6) is 0 Å². The fourth-order valence-corrected chi connectivity index (χ4v) is 7.97. The summed E-state index contributed by atoms with van der Waals surface area (Å²) in [6.45, 7) is 34.6. The topological polar surface area (TPSA) is 37.2 Å². The van der Waals surface area contributed by atoms with E-state index >= 15 is 0 Å². The molecule has 1 aromatic carbocycles. The Hall–Kier alpha value is -4.44. The third-order valence-corrected chi connectivity index (χ3v) is 12.2. The van der Waals surface area contributed by atoms with Crippen LogP contribution in [0, 0.1) is 11.3 Å². The zero-order valence-corrected chi connectivity index (χ0v) is 40.6. The minimum Gasteiger partial charge on any atom is -0.470 e. The Morgan fingerprint density at radius 1 is 1.03 bits per heavy atom. The molecule has 0 saturated heterocycles. The average molecular weight is 828 g/mol. The van der Waals surface area contributed by atoms with Crippen LogP contribution in [0.15, 0.2) is 153 Å². The molecule has 3 nitrogen and oxygen atoms in total. The monoisotopic (exact) mass is 828 g/mol. The van der Waals surface area contributed by atoms with Crippen LogP contribution in [0.3, 0.4) is 0 Å². The van der Waals surface area contributed by atoms with Gasteiger partial charge in [-0.1, -0.05) is 141 Å². The summed E-state index contributed by atoms with van der Waals surface area (Å²) >= 11 is 0. The molecule has 4 heteroatoms. The normalized spacial score (nSPS) is 18.7. The van der Waals surface area contributed by atoms with E-state index in [0.717, 1.165) is 76.6 Å². The van der Waals surface area contributed by atoms with E-state index in [-0.39, 0.29) is 66.9 Å². The van der Waals surface area contributed by atoms with Crippen LogP contribution >= 0.6 is 0 Å². The molecule has 0 spiro atoms. The second kappa shape index (κ2) is 23.1. The molecule has 0 bridgehead atoms. The van der Waals surface area contributed by atoms with Gasteiger partial charge in [-0.15, -0.1) is 0 Å². The second-order valence-electron chi connectivity index (χ2n) is 19.2. The standard InChI is InChI=1S/C57H83BN2O/c1-18-25-31-48(35-43(21-4)27-19-2)60-52(34-42(10)11)51(40-59-47(23-6)38-45(28-20-3)55(12,13)24-7)58(46(22-5)30-26-29-41(8)9)54-37-44-36-49-50(39-53(44)61-54)57(16,17)33-32-56(49,14)15/h18-19,21-23,25-28,30-31,34,36-39,41,59-60H,6,20,24,29,32-33,35,40H2,1-5,7-17H3/b25-18-,27-19-,30-26-,43-21+,45-28-,46-22+,47-38+,48-31+,52-51-/i2D,4D,19D,21D,27D. The van der Waals surface area contributed by atoms with E-state index in [0.29, 0.717) is 18.2 Å². The van der Waals surface area contributed by atoms with Crippen LogP contribution < -0.4 is 16.3 Å². The highest BCUT2D eigenvalue weighted by Gasteiger charge is 2.38. The van der Waals surface area contributed by atoms with Gasteiger partial charge in [0.2, 0.25) is 0 Å². The van der Waals surface area contributed by atoms with Gasteiger partial charge in [-0.25, -0.2) is 0 Å². The van der Waals surface area contributed by atoms with E-state index in [2.05, 4.69) is 162 Å². The van der Waals surface area contributed by atoms with Crippen molar-refractivity contribution in [2.24, 2.45) is 11.3 Å². The number of rotatable bonds is 21. The Balaban J connectivity index is 2.60. The predicted molar refractivity (Wildman–Crippen MR) is 274 cm³/mol. The molecule has 330 valence electrons. The van der Waals surface area contributed by atoms with Gasteiger partial charge in [0.05, 0.1) is 9.77 Å². The van der Waals surface area contributed by atoms with Gasteiger partial charge in [0.25, 0.3) is 6.71 Å². The Bertz CT molecular complexity index is 2280. The lowest BCUT2D eigenvalue weighted by atomic mass is 9.37. The summed E-state index contributed by atoms with van der Waals surface area (Å²) in [5.74, 6) is 0.474. The van der Waals surface area contributed by atoms with Crippen LogP contribution in [-0.2, 0) is 10.8 Å². The van der Waals surface area contributed by atoms with E-state index < -0.39 is 0 Å². The molecule has 1 aromatic heterocycles. The summed E-state index contributed by atoms with van der Waals surface area (Å²) in [5, 5.41) is 8.73. The number of furan rings is 1. The van der Waals surface area contributed by atoms with Gasteiger partial charge < -0.3 is 15.1 Å². The van der Waals surface area contributed by atoms with E-state index in [4.69, 9.17) is 11.3 Å². The summed E-state index contributed by atoms with van der Waals surface area (Å²) in [6.07, 6.45) is 26.2. The SMILES string of the molecule is [2H]C/C([2H])=C([2H])\C(C/C(=C\C=C/C)N/C(C=C(C)C)=C(/CN/C(C=C)=C/C(=C/CC)C(C)(C)CC)B(C(/C=C\CC(C)C)=C/C)c1cc2cc3c(cc2o1)C(C)(C)CCC3(C)C)=C(\[2H])C[2H]. The highest BCUT2D eigenvalue weighted by Crippen LogP contribution is 2.47. The zero-order chi connectivity index (χ0) is 49.6. The smallest absolute Gasteiger partial charge is 0.287 e. The fourth-order valence-electron chi connectivity index (χ4n) is 7.97. The lowest BCUT2D eigenvalue weighted by molar-refractivity contribution is 0.332. The third kappa shape index (κ3) is 14.0. The molecule has 0 saturated carbocycles. The van der Waals surface area contributed by atoms with Gasteiger partial charge in [-0.05, 0) is 166 Å². The summed E-state index contributed by atoms with van der Waals surface area (Å²) in [6, 6.07) is 6.48. The van der Waals surface area contributed by atoms with Crippen LogP contribution in [-0.4, -0.2) is 13.3 Å². The molecule has 0 aliphatic heterocycles. The minimum absolute atomic E-state index is 0.0111. The molecule has 0 atom stereocenters. The number of fused-ring (bicyclic) bond motifs is 2. The lowest BCUT2D eigenvalue weighted by Gasteiger charge is -2.41. The van der Waals surface area contributed by atoms with Crippen molar-refractivity contribution in [2.75, 3.05) is 6.54 Å². The largest absolute Gasteiger partial charge is 0.470 e. The Morgan fingerprint density at radius 2 is 1.74 bits per heavy atom. The van der Waals surface area contributed by atoms with Gasteiger partial charge in [-0.3, -0.25) is 0 Å². The first-order chi connectivity index (χ1) is 31.0. The van der Waals surface area contributed by atoms with E-state index in [1.54, 1.807) is 0 Å². The van der Waals surface area contributed by atoms with Crippen LogP contribution in [0.2, 0.25) is 0 Å². The summed E-state index contributed by atoms with van der Waals surface area (Å²) in [7, 11) is 0. The molecule has 1 aliphatic rings. The van der Waals surface area contributed by atoms with E-state index in [9.17, 15) is 0 Å².